The van der Waals surface area contributed by atoms with Crippen LogP contribution >= 0.6 is 0 Å². The fraction of sp³-hybridized carbons (Fsp3) is 0.630. The first-order valence-electron chi connectivity index (χ1n) is 11.9. The molecule has 1 aromatic rings. The maximum absolute atomic E-state index is 10.7. The van der Waals surface area contributed by atoms with Crippen LogP contribution in [0.1, 0.15) is 70.4 Å². The molecule has 3 N–H and O–H groups in total. The lowest BCUT2D eigenvalue weighted by molar-refractivity contribution is 0.134. The molecule has 0 radical (unpaired) electrons. The Kier molecular flexibility index (Phi) is 8.60. The summed E-state index contributed by atoms with van der Waals surface area (Å²) in [6.07, 6.45) is 7.48. The number of ether oxygens (including phenoxy) is 1. The predicted molar refractivity (Wildman–Crippen MR) is 126 cm³/mol. The van der Waals surface area contributed by atoms with Gasteiger partial charge in [0.25, 0.3) is 0 Å². The number of aryl methyl sites for hydroxylation is 1. The van der Waals surface area contributed by atoms with Crippen LogP contribution in [0.2, 0.25) is 0 Å². The molecule has 31 heavy (non-hydrogen) atoms. The van der Waals surface area contributed by atoms with Crippen LogP contribution in [-0.4, -0.2) is 41.1 Å². The van der Waals surface area contributed by atoms with E-state index in [1.165, 1.54) is 11.1 Å². The van der Waals surface area contributed by atoms with Crippen molar-refractivity contribution >= 4 is 0 Å². The molecule has 0 saturated heterocycles. The standard InChI is InChI=1S/C27H39NO3/c1-5-6-10-19(4)23(29)15-14-21-24(30)17-25-26(21)22-13-9-12-20(27(22)31-25)11-7-8-16-28-18(2)3/h9,12-15,18-19,21,23-26,28-30H,7-8,10-11,16-17H2,1-4H3/b15-14+/t19-,21+,23-,24-,25+,26+/m1/s1. The van der Waals surface area contributed by atoms with Crippen molar-refractivity contribution in [2.75, 3.05) is 6.54 Å². The maximum atomic E-state index is 10.7. The van der Waals surface area contributed by atoms with Crippen LogP contribution in [0.3, 0.4) is 0 Å². The van der Waals surface area contributed by atoms with Crippen LogP contribution in [0.15, 0.2) is 30.4 Å². The molecule has 1 heterocycles. The van der Waals surface area contributed by atoms with Gasteiger partial charge in [-0.05, 0) is 44.2 Å². The number of nitrogens with one attached hydrogen (secondary N) is 1. The zero-order valence-corrected chi connectivity index (χ0v) is 19.5. The molecular formula is C27H39NO3. The minimum Gasteiger partial charge on any atom is -0.489 e. The predicted octanol–water partition coefficient (Wildman–Crippen LogP) is 4.20. The highest BCUT2D eigenvalue weighted by molar-refractivity contribution is 5.49. The molecule has 0 aromatic heterocycles. The van der Waals surface area contributed by atoms with E-state index in [0.29, 0.717) is 18.9 Å². The van der Waals surface area contributed by atoms with E-state index >= 15 is 0 Å². The molecule has 1 aliphatic heterocycles. The van der Waals surface area contributed by atoms with Gasteiger partial charge in [0.2, 0.25) is 0 Å². The van der Waals surface area contributed by atoms with E-state index in [0.717, 1.165) is 31.6 Å². The van der Waals surface area contributed by atoms with Gasteiger partial charge in [0.1, 0.15) is 11.9 Å². The third-order valence-corrected chi connectivity index (χ3v) is 6.63. The number of aliphatic hydroxyl groups excluding tert-OH is 2. The third kappa shape index (κ3) is 5.92. The summed E-state index contributed by atoms with van der Waals surface area (Å²) in [4.78, 5) is 0. The largest absolute Gasteiger partial charge is 0.489 e. The fourth-order valence-electron chi connectivity index (χ4n) is 4.81. The van der Waals surface area contributed by atoms with E-state index < -0.39 is 12.2 Å². The summed E-state index contributed by atoms with van der Waals surface area (Å²) < 4.78 is 6.38. The van der Waals surface area contributed by atoms with Gasteiger partial charge >= 0.3 is 0 Å². The molecular weight excluding hydrogens is 386 g/mol. The quantitative estimate of drug-likeness (QED) is 0.299. The Labute approximate surface area is 188 Å². The highest BCUT2D eigenvalue weighted by atomic mass is 16.5. The summed E-state index contributed by atoms with van der Waals surface area (Å²) >= 11 is 0. The Morgan fingerprint density at radius 2 is 2.06 bits per heavy atom. The summed E-state index contributed by atoms with van der Waals surface area (Å²) in [6.45, 7) is 9.22. The van der Waals surface area contributed by atoms with Crippen molar-refractivity contribution in [3.8, 4) is 17.6 Å². The summed E-state index contributed by atoms with van der Waals surface area (Å²) in [5.74, 6) is 7.15. The minimum absolute atomic E-state index is 0.0175. The molecule has 1 aromatic carbocycles. The maximum Gasteiger partial charge on any atom is 0.126 e. The van der Waals surface area contributed by atoms with Crippen LogP contribution in [0.5, 0.6) is 5.75 Å². The first kappa shape index (κ1) is 23.9. The van der Waals surface area contributed by atoms with Gasteiger partial charge in [-0.1, -0.05) is 51.1 Å². The lowest BCUT2D eigenvalue weighted by Crippen LogP contribution is -2.23. The van der Waals surface area contributed by atoms with Crippen molar-refractivity contribution in [1.82, 2.24) is 5.32 Å². The third-order valence-electron chi connectivity index (χ3n) is 6.63. The molecule has 0 bridgehead atoms. The molecule has 170 valence electrons. The Morgan fingerprint density at radius 3 is 2.81 bits per heavy atom. The van der Waals surface area contributed by atoms with Crippen molar-refractivity contribution in [3.63, 3.8) is 0 Å². The van der Waals surface area contributed by atoms with E-state index in [2.05, 4.69) is 49.2 Å². The second-order valence-corrected chi connectivity index (χ2v) is 9.45. The molecule has 4 nitrogen and oxygen atoms in total. The van der Waals surface area contributed by atoms with Crippen molar-refractivity contribution in [2.24, 2.45) is 11.8 Å². The van der Waals surface area contributed by atoms with Crippen LogP contribution in [0.4, 0.5) is 0 Å². The number of unbranched alkanes of at least 4 members (excludes halogenated alkanes) is 1. The molecule has 0 amide bonds. The van der Waals surface area contributed by atoms with E-state index in [9.17, 15) is 10.2 Å². The number of hydrogen-bond donors (Lipinski definition) is 3. The number of aliphatic hydroxyl groups is 2. The number of hydrogen-bond acceptors (Lipinski definition) is 4. The summed E-state index contributed by atoms with van der Waals surface area (Å²) in [7, 11) is 0. The minimum atomic E-state index is -0.556. The fourth-order valence-corrected chi connectivity index (χ4v) is 4.81. The smallest absolute Gasteiger partial charge is 0.126 e. The Morgan fingerprint density at radius 1 is 1.26 bits per heavy atom. The second-order valence-electron chi connectivity index (χ2n) is 9.45. The van der Waals surface area contributed by atoms with Gasteiger partial charge in [0.15, 0.2) is 0 Å². The zero-order chi connectivity index (χ0) is 22.4. The average molecular weight is 426 g/mol. The summed E-state index contributed by atoms with van der Waals surface area (Å²) in [6, 6.07) is 6.98. The number of fused-ring (bicyclic) bond motifs is 3. The first-order valence-corrected chi connectivity index (χ1v) is 11.9. The highest BCUT2D eigenvalue weighted by Crippen LogP contribution is 2.52. The molecule has 1 aliphatic carbocycles. The van der Waals surface area contributed by atoms with Gasteiger partial charge in [-0.3, -0.25) is 0 Å². The zero-order valence-electron chi connectivity index (χ0n) is 19.5. The molecule has 3 rings (SSSR count). The van der Waals surface area contributed by atoms with E-state index in [1.54, 1.807) is 0 Å². The van der Waals surface area contributed by atoms with Crippen LogP contribution in [-0.2, 0) is 6.42 Å². The van der Waals surface area contributed by atoms with E-state index in [4.69, 9.17) is 4.74 Å². The van der Waals surface area contributed by atoms with Crippen LogP contribution in [0.25, 0.3) is 0 Å². The van der Waals surface area contributed by atoms with Crippen molar-refractivity contribution < 1.29 is 14.9 Å². The Balaban J connectivity index is 1.67. The van der Waals surface area contributed by atoms with Crippen molar-refractivity contribution in [3.05, 3.63) is 41.5 Å². The molecule has 0 spiro atoms. The van der Waals surface area contributed by atoms with E-state index in [1.807, 2.05) is 26.0 Å². The van der Waals surface area contributed by atoms with Gasteiger partial charge in [0.05, 0.1) is 12.2 Å². The Bertz CT molecular complexity index is 806. The van der Waals surface area contributed by atoms with Crippen molar-refractivity contribution in [2.45, 2.75) is 90.1 Å². The van der Waals surface area contributed by atoms with Gasteiger partial charge in [-0.2, -0.15) is 0 Å². The van der Waals surface area contributed by atoms with Gasteiger partial charge in [-0.15, -0.1) is 11.8 Å². The molecule has 6 atom stereocenters. The molecule has 1 saturated carbocycles. The average Bonchev–Trinajstić information content (AvgIpc) is 3.24. The van der Waals surface area contributed by atoms with Crippen molar-refractivity contribution in [1.29, 1.82) is 0 Å². The van der Waals surface area contributed by atoms with Gasteiger partial charge in [0, 0.05) is 36.3 Å². The lowest BCUT2D eigenvalue weighted by atomic mass is 9.86. The topological polar surface area (TPSA) is 61.7 Å². The first-order chi connectivity index (χ1) is 14.9. The van der Waals surface area contributed by atoms with Gasteiger partial charge in [-0.25, -0.2) is 0 Å². The monoisotopic (exact) mass is 425 g/mol. The summed E-state index contributed by atoms with van der Waals surface area (Å²) in [5.41, 5.74) is 2.49. The SMILES string of the molecule is CC#CC[C@@H](C)[C@H](O)/C=C/[C@@H]1[C@H]2c3cccc(CCCCNC(C)C)c3O[C@H]2C[C@H]1O. The number of rotatable bonds is 10. The molecule has 4 heteroatoms. The second kappa shape index (κ2) is 11.2. The number of para-hydroxylation sites is 1. The lowest BCUT2D eigenvalue weighted by Gasteiger charge is -2.19. The highest BCUT2D eigenvalue weighted by Gasteiger charge is 2.48. The molecule has 0 unspecified atom stereocenters. The Hall–Kier alpha value is -1.80. The summed E-state index contributed by atoms with van der Waals surface area (Å²) in [5, 5.41) is 24.6. The molecule has 1 fully saturated rings. The molecule has 2 aliphatic rings. The van der Waals surface area contributed by atoms with E-state index in [-0.39, 0.29) is 23.9 Å². The number of benzene rings is 1. The van der Waals surface area contributed by atoms with Gasteiger partial charge < -0.3 is 20.3 Å². The normalized spacial score (nSPS) is 26.3. The van der Waals surface area contributed by atoms with Crippen LogP contribution in [0, 0.1) is 23.7 Å². The van der Waals surface area contributed by atoms with Crippen LogP contribution < -0.4 is 10.1 Å².